The second-order valence-electron chi connectivity index (χ2n) is 9.87. The Labute approximate surface area is 229 Å². The molecule has 1 aliphatic carbocycles. The first-order valence-electron chi connectivity index (χ1n) is 12.6. The fourth-order valence-corrected chi connectivity index (χ4v) is 6.42. The van der Waals surface area contributed by atoms with Crippen molar-refractivity contribution in [1.29, 1.82) is 0 Å². The van der Waals surface area contributed by atoms with E-state index in [1.54, 1.807) is 42.5 Å². The van der Waals surface area contributed by atoms with Gasteiger partial charge < -0.3 is 19.5 Å². The van der Waals surface area contributed by atoms with Crippen LogP contribution in [0.2, 0.25) is 0 Å². The molecule has 2 heterocycles. The number of fused-ring (bicyclic) bond motifs is 3. The third-order valence-corrected chi connectivity index (χ3v) is 8.21. The lowest BCUT2D eigenvalue weighted by Crippen LogP contribution is -2.45. The maximum Gasteiger partial charge on any atom is 0.487 e. The quantitative estimate of drug-likeness (QED) is 0.335. The van der Waals surface area contributed by atoms with Crippen molar-refractivity contribution in [3.63, 3.8) is 0 Å². The van der Waals surface area contributed by atoms with Crippen molar-refractivity contribution in [2.75, 3.05) is 11.5 Å². The highest BCUT2D eigenvalue weighted by Gasteiger charge is 2.58. The summed E-state index contributed by atoms with van der Waals surface area (Å²) in [6.45, 7) is 0.166. The highest BCUT2D eigenvalue weighted by Crippen LogP contribution is 2.52. The maximum absolute atomic E-state index is 13.8. The molecule has 2 N–H and O–H groups in total. The van der Waals surface area contributed by atoms with Crippen LogP contribution in [-0.2, 0) is 14.2 Å². The predicted molar refractivity (Wildman–Crippen MR) is 145 cm³/mol. The number of hydrogen-bond donors (Lipinski definition) is 2. The summed E-state index contributed by atoms with van der Waals surface area (Å²) in [5.41, 5.74) is 2.41. The van der Waals surface area contributed by atoms with Crippen LogP contribution in [0.25, 0.3) is 0 Å². The minimum absolute atomic E-state index is 0.0394. The number of imide groups is 1. The van der Waals surface area contributed by atoms with E-state index in [1.807, 2.05) is 36.4 Å². The molecule has 9 heteroatoms. The lowest BCUT2D eigenvalue weighted by Gasteiger charge is -2.42. The van der Waals surface area contributed by atoms with Crippen molar-refractivity contribution < 1.29 is 29.1 Å². The van der Waals surface area contributed by atoms with Crippen LogP contribution in [0.5, 0.6) is 11.5 Å². The molecule has 7 nitrogen and oxygen atoms in total. The first kappa shape index (κ1) is 24.9. The van der Waals surface area contributed by atoms with Crippen molar-refractivity contribution in [2.45, 2.75) is 18.9 Å². The Hall–Kier alpha value is -3.40. The zero-order valence-corrected chi connectivity index (χ0v) is 22.0. The molecule has 38 heavy (non-hydrogen) atoms. The minimum Gasteiger partial charge on any atom is -0.508 e. The fraction of sp³-hybridized carbons (Fsp3) is 0.241. The number of phenols is 1. The van der Waals surface area contributed by atoms with Gasteiger partial charge in [0.25, 0.3) is 0 Å². The average Bonchev–Trinajstić information content (AvgIpc) is 3.18. The van der Waals surface area contributed by atoms with Crippen LogP contribution >= 0.6 is 15.9 Å². The number of rotatable bonds is 5. The number of allylic oxidation sites excluding steroid dienone is 1. The van der Waals surface area contributed by atoms with Crippen molar-refractivity contribution in [3.05, 3.63) is 99.9 Å². The third-order valence-electron chi connectivity index (χ3n) is 7.72. The normalized spacial score (nSPS) is 24.9. The van der Waals surface area contributed by atoms with Gasteiger partial charge in [0.05, 0.1) is 23.6 Å². The zero-order valence-electron chi connectivity index (χ0n) is 20.4. The van der Waals surface area contributed by atoms with E-state index in [4.69, 9.17) is 9.39 Å². The maximum atomic E-state index is 13.8. The van der Waals surface area contributed by atoms with Crippen molar-refractivity contribution in [3.8, 4) is 11.5 Å². The SMILES string of the molecule is O=C1[C@H]2[C@H](CC(COc3ccccc3)=C3B(O)O[C@H](c4cc(Br)ccc4O)C[C@H]32)C(=O)N1c1ccccc1. The van der Waals surface area contributed by atoms with Crippen LogP contribution in [-0.4, -0.2) is 35.7 Å². The molecule has 2 saturated heterocycles. The molecule has 2 amide bonds. The predicted octanol–water partition coefficient (Wildman–Crippen LogP) is 4.84. The number of benzene rings is 3. The summed E-state index contributed by atoms with van der Waals surface area (Å²) in [5, 5.41) is 21.8. The Morgan fingerprint density at radius 3 is 2.42 bits per heavy atom. The highest BCUT2D eigenvalue weighted by atomic mass is 79.9. The number of hydrogen-bond acceptors (Lipinski definition) is 6. The van der Waals surface area contributed by atoms with E-state index in [0.717, 1.165) is 10.0 Å². The van der Waals surface area contributed by atoms with E-state index >= 15 is 0 Å². The number of amides is 2. The molecule has 6 rings (SSSR count). The van der Waals surface area contributed by atoms with Gasteiger partial charge in [-0.1, -0.05) is 52.3 Å². The van der Waals surface area contributed by atoms with E-state index in [9.17, 15) is 19.7 Å². The first-order chi connectivity index (χ1) is 18.4. The molecule has 3 aromatic carbocycles. The lowest BCUT2D eigenvalue weighted by molar-refractivity contribution is -0.123. The number of para-hydroxylation sites is 2. The average molecular weight is 574 g/mol. The number of carbonyl (C=O) groups excluding carboxylic acids is 2. The largest absolute Gasteiger partial charge is 0.508 e. The monoisotopic (exact) mass is 573 g/mol. The summed E-state index contributed by atoms with van der Waals surface area (Å²) in [7, 11) is -1.30. The third kappa shape index (κ3) is 4.34. The second-order valence-corrected chi connectivity index (χ2v) is 10.8. The molecule has 0 bridgehead atoms. The molecule has 0 saturated carbocycles. The van der Waals surface area contributed by atoms with Crippen LogP contribution in [0.15, 0.2) is 94.4 Å². The van der Waals surface area contributed by atoms with Gasteiger partial charge >= 0.3 is 7.12 Å². The number of anilines is 1. The second kappa shape index (κ2) is 10.1. The summed E-state index contributed by atoms with van der Waals surface area (Å²) >= 11 is 3.44. The number of phenolic OH excluding ortho intramolecular Hbond substituents is 1. The van der Waals surface area contributed by atoms with Crippen LogP contribution < -0.4 is 9.64 Å². The Balaban J connectivity index is 1.39. The Bertz CT molecular complexity index is 1420. The molecule has 2 fully saturated rings. The minimum atomic E-state index is -1.30. The number of aromatic hydroxyl groups is 1. The van der Waals surface area contributed by atoms with Gasteiger partial charge in [-0.2, -0.15) is 0 Å². The number of nitrogens with zero attached hydrogens (tertiary/aromatic N) is 1. The highest BCUT2D eigenvalue weighted by molar-refractivity contribution is 9.10. The van der Waals surface area contributed by atoms with Crippen LogP contribution in [0.4, 0.5) is 5.69 Å². The molecular weight excluding hydrogens is 549 g/mol. The van der Waals surface area contributed by atoms with Gasteiger partial charge in [0, 0.05) is 10.0 Å². The molecule has 0 unspecified atom stereocenters. The molecule has 2 aliphatic heterocycles. The zero-order chi connectivity index (χ0) is 26.4. The summed E-state index contributed by atoms with van der Waals surface area (Å²) in [4.78, 5) is 28.8. The summed E-state index contributed by atoms with van der Waals surface area (Å²) in [6.07, 6.45) is -0.0432. The lowest BCUT2D eigenvalue weighted by atomic mass is 9.55. The van der Waals surface area contributed by atoms with Crippen LogP contribution in [0.1, 0.15) is 24.5 Å². The van der Waals surface area contributed by atoms with Crippen molar-refractivity contribution in [1.82, 2.24) is 0 Å². The number of carbonyl (C=O) groups is 2. The Kier molecular flexibility index (Phi) is 6.59. The summed E-state index contributed by atoms with van der Waals surface area (Å²) in [6, 6.07) is 23.3. The van der Waals surface area contributed by atoms with Gasteiger partial charge in [-0.25, -0.2) is 0 Å². The van der Waals surface area contributed by atoms with Gasteiger partial charge in [0.15, 0.2) is 0 Å². The van der Waals surface area contributed by atoms with Crippen LogP contribution in [0.3, 0.4) is 0 Å². The van der Waals surface area contributed by atoms with Crippen molar-refractivity contribution in [2.24, 2.45) is 17.8 Å². The van der Waals surface area contributed by atoms with Gasteiger partial charge in [0.1, 0.15) is 18.1 Å². The van der Waals surface area contributed by atoms with E-state index in [1.165, 1.54) is 4.90 Å². The topological polar surface area (TPSA) is 96.3 Å². The molecule has 3 aliphatic rings. The smallest absolute Gasteiger partial charge is 0.487 e. The molecule has 0 aromatic heterocycles. The van der Waals surface area contributed by atoms with E-state index in [-0.39, 0.29) is 24.2 Å². The molecule has 0 radical (unpaired) electrons. The number of ether oxygens (including phenoxy) is 1. The van der Waals surface area contributed by atoms with Crippen molar-refractivity contribution >= 4 is 40.6 Å². The fourth-order valence-electron chi connectivity index (χ4n) is 6.05. The molecular formula is C29H25BBrNO6. The van der Waals surface area contributed by atoms with Gasteiger partial charge in [0.2, 0.25) is 11.8 Å². The van der Waals surface area contributed by atoms with Gasteiger partial charge in [-0.3, -0.25) is 14.5 Å². The Morgan fingerprint density at radius 2 is 1.68 bits per heavy atom. The first-order valence-corrected chi connectivity index (χ1v) is 13.4. The van der Waals surface area contributed by atoms with Gasteiger partial charge in [-0.05, 0) is 72.3 Å². The molecule has 0 spiro atoms. The standard InChI is InChI=1S/C29H25BBrNO6/c31-18-11-12-24(33)21(14-18)25-15-22-26-23(28(34)32(29(26)35)19-7-3-1-4-8-19)13-17(27(22)30(36)38-25)16-37-20-9-5-2-6-10-20/h1-12,14,22-23,25-26,33,36H,13,15-16H2/t22-,23-,25-,26+/m0/s1. The molecule has 192 valence electrons. The molecule has 4 atom stereocenters. The van der Waals surface area contributed by atoms with Crippen LogP contribution in [0, 0.1) is 17.8 Å². The summed E-state index contributed by atoms with van der Waals surface area (Å²) in [5.74, 6) is -1.49. The van der Waals surface area contributed by atoms with Gasteiger partial charge in [-0.15, -0.1) is 0 Å². The van der Waals surface area contributed by atoms with E-state index in [2.05, 4.69) is 15.9 Å². The summed E-state index contributed by atoms with van der Waals surface area (Å²) < 4.78 is 12.8. The number of halogens is 1. The van der Waals surface area contributed by atoms with E-state index in [0.29, 0.717) is 35.3 Å². The Morgan fingerprint density at radius 1 is 0.974 bits per heavy atom. The molecule has 3 aromatic rings. The van der Waals surface area contributed by atoms with E-state index < -0.39 is 31.0 Å².